The van der Waals surface area contributed by atoms with Crippen LogP contribution in [0.25, 0.3) is 17.1 Å². The molecule has 0 amide bonds. The molecular formula is C23H19ClN4OS. The molecule has 150 valence electrons. The van der Waals surface area contributed by atoms with Gasteiger partial charge in [-0.15, -0.1) is 10.2 Å². The third-order valence-electron chi connectivity index (χ3n) is 4.53. The second kappa shape index (κ2) is 9.69. The first-order valence-electron chi connectivity index (χ1n) is 9.55. The molecule has 0 saturated heterocycles. The number of hydrogen-bond donors (Lipinski definition) is 0. The summed E-state index contributed by atoms with van der Waals surface area (Å²) in [5, 5.41) is 10.3. The normalized spacial score (nSPS) is 10.8. The van der Waals surface area contributed by atoms with Crippen molar-refractivity contribution in [3.8, 4) is 17.1 Å². The molecule has 0 aliphatic carbocycles. The maximum atomic E-state index is 12.3. The summed E-state index contributed by atoms with van der Waals surface area (Å²) in [5.74, 6) is 1.66. The lowest BCUT2D eigenvalue weighted by Crippen LogP contribution is -2.01. The molecule has 0 aliphatic rings. The summed E-state index contributed by atoms with van der Waals surface area (Å²) in [6.45, 7) is 0. The molecule has 0 fully saturated rings. The fourth-order valence-electron chi connectivity index (χ4n) is 3.04. The van der Waals surface area contributed by atoms with Crippen LogP contribution in [-0.2, 0) is 0 Å². The van der Waals surface area contributed by atoms with Crippen molar-refractivity contribution >= 4 is 29.1 Å². The molecule has 0 unspecified atom stereocenters. The first kappa shape index (κ1) is 20.3. The average molecular weight is 435 g/mol. The van der Waals surface area contributed by atoms with E-state index in [1.54, 1.807) is 24.2 Å². The van der Waals surface area contributed by atoms with Crippen LogP contribution in [-0.4, -0.2) is 31.3 Å². The van der Waals surface area contributed by atoms with Crippen molar-refractivity contribution in [2.45, 2.75) is 18.0 Å². The molecule has 4 rings (SSSR count). The lowest BCUT2D eigenvalue weighted by atomic mass is 10.1. The van der Waals surface area contributed by atoms with Crippen LogP contribution in [0.5, 0.6) is 0 Å². The van der Waals surface area contributed by atoms with E-state index in [9.17, 15) is 4.79 Å². The van der Waals surface area contributed by atoms with E-state index < -0.39 is 0 Å². The molecule has 0 N–H and O–H groups in total. The lowest BCUT2D eigenvalue weighted by molar-refractivity contribution is 0.0982. The van der Waals surface area contributed by atoms with Crippen LogP contribution in [0, 0.1) is 0 Å². The van der Waals surface area contributed by atoms with E-state index in [1.165, 1.54) is 0 Å². The first-order valence-corrected chi connectivity index (χ1v) is 10.9. The molecule has 5 nitrogen and oxygen atoms in total. The Morgan fingerprint density at radius 2 is 1.67 bits per heavy atom. The number of rotatable bonds is 8. The van der Waals surface area contributed by atoms with Crippen LogP contribution in [0.1, 0.15) is 23.2 Å². The summed E-state index contributed by atoms with van der Waals surface area (Å²) >= 11 is 7.65. The maximum absolute atomic E-state index is 12.3. The predicted octanol–water partition coefficient (Wildman–Crippen LogP) is 5.74. The van der Waals surface area contributed by atoms with Gasteiger partial charge in [0.05, 0.1) is 0 Å². The number of thioether (sulfide) groups is 1. The molecule has 2 aromatic carbocycles. The topological polar surface area (TPSA) is 60.7 Å². The van der Waals surface area contributed by atoms with Gasteiger partial charge in [0.25, 0.3) is 0 Å². The van der Waals surface area contributed by atoms with Crippen molar-refractivity contribution in [2.24, 2.45) is 0 Å². The van der Waals surface area contributed by atoms with Gasteiger partial charge in [0, 0.05) is 46.4 Å². The highest BCUT2D eigenvalue weighted by Gasteiger charge is 2.16. The van der Waals surface area contributed by atoms with Crippen LogP contribution in [0.4, 0.5) is 0 Å². The zero-order valence-corrected chi connectivity index (χ0v) is 17.7. The Morgan fingerprint density at radius 3 is 2.40 bits per heavy atom. The van der Waals surface area contributed by atoms with Crippen molar-refractivity contribution < 1.29 is 4.79 Å². The molecule has 0 atom stereocenters. The summed E-state index contributed by atoms with van der Waals surface area (Å²) in [4.78, 5) is 16.4. The van der Waals surface area contributed by atoms with E-state index in [0.717, 1.165) is 40.0 Å². The Hall–Kier alpha value is -2.96. The highest BCUT2D eigenvalue weighted by molar-refractivity contribution is 7.99. The predicted molar refractivity (Wildman–Crippen MR) is 120 cm³/mol. The highest BCUT2D eigenvalue weighted by Crippen LogP contribution is 2.29. The molecule has 2 aromatic heterocycles. The fraction of sp³-hybridized carbons (Fsp3) is 0.130. The van der Waals surface area contributed by atoms with Crippen LogP contribution in [0.3, 0.4) is 0 Å². The Bertz CT molecular complexity index is 1120. The van der Waals surface area contributed by atoms with Gasteiger partial charge in [-0.2, -0.15) is 0 Å². The van der Waals surface area contributed by atoms with E-state index in [-0.39, 0.29) is 5.78 Å². The third kappa shape index (κ3) is 4.78. The molecule has 0 aliphatic heterocycles. The fourth-order valence-corrected chi connectivity index (χ4v) is 4.06. The second-order valence-corrected chi connectivity index (χ2v) is 8.09. The number of carbonyl (C=O) groups excluding carboxylic acids is 1. The first-order chi connectivity index (χ1) is 14.7. The minimum Gasteiger partial charge on any atom is -0.294 e. The lowest BCUT2D eigenvalue weighted by Gasteiger charge is -2.10. The number of pyridine rings is 1. The Kier molecular flexibility index (Phi) is 6.57. The number of aromatic nitrogens is 4. The molecule has 0 radical (unpaired) electrons. The zero-order valence-electron chi connectivity index (χ0n) is 16.1. The molecule has 30 heavy (non-hydrogen) atoms. The Morgan fingerprint density at radius 1 is 0.933 bits per heavy atom. The van der Waals surface area contributed by atoms with Crippen molar-refractivity contribution in [1.82, 2.24) is 19.7 Å². The summed E-state index contributed by atoms with van der Waals surface area (Å²) in [7, 11) is 0. The number of Topliss-reactive ketones (excluding diaryl/α,β-unsaturated/α-hetero) is 1. The van der Waals surface area contributed by atoms with Crippen molar-refractivity contribution in [3.05, 3.63) is 89.7 Å². The number of ketones is 1. The van der Waals surface area contributed by atoms with E-state index in [4.69, 9.17) is 11.6 Å². The molecule has 0 saturated carbocycles. The Balaban J connectivity index is 1.51. The van der Waals surface area contributed by atoms with Gasteiger partial charge >= 0.3 is 0 Å². The SMILES string of the molecule is O=C(CCCSc1nnc(-c2ccncc2)n1-c1ccc(Cl)cc1)c1ccccc1. The number of nitrogens with zero attached hydrogens (tertiary/aromatic N) is 4. The molecule has 2 heterocycles. The van der Waals surface area contributed by atoms with E-state index in [1.807, 2.05) is 71.3 Å². The van der Waals surface area contributed by atoms with Crippen molar-refractivity contribution in [2.75, 3.05) is 5.75 Å². The van der Waals surface area contributed by atoms with Gasteiger partial charge in [-0.3, -0.25) is 14.3 Å². The van der Waals surface area contributed by atoms with E-state index in [0.29, 0.717) is 11.4 Å². The van der Waals surface area contributed by atoms with Gasteiger partial charge in [0.2, 0.25) is 0 Å². The van der Waals surface area contributed by atoms with Crippen LogP contribution < -0.4 is 0 Å². The van der Waals surface area contributed by atoms with Crippen LogP contribution in [0.2, 0.25) is 5.02 Å². The molecular weight excluding hydrogens is 416 g/mol. The molecule has 0 spiro atoms. The smallest absolute Gasteiger partial charge is 0.196 e. The molecule has 0 bridgehead atoms. The number of halogens is 1. The largest absolute Gasteiger partial charge is 0.294 e. The van der Waals surface area contributed by atoms with Gasteiger partial charge in [-0.25, -0.2) is 0 Å². The highest BCUT2D eigenvalue weighted by atomic mass is 35.5. The van der Waals surface area contributed by atoms with Crippen molar-refractivity contribution in [3.63, 3.8) is 0 Å². The third-order valence-corrected chi connectivity index (χ3v) is 5.80. The summed E-state index contributed by atoms with van der Waals surface area (Å²) < 4.78 is 2.01. The van der Waals surface area contributed by atoms with Gasteiger partial charge in [-0.05, 0) is 42.8 Å². The second-order valence-electron chi connectivity index (χ2n) is 6.60. The molecule has 7 heteroatoms. The number of carbonyl (C=O) groups is 1. The minimum atomic E-state index is 0.160. The minimum absolute atomic E-state index is 0.160. The maximum Gasteiger partial charge on any atom is 0.196 e. The van der Waals surface area contributed by atoms with Crippen LogP contribution >= 0.6 is 23.4 Å². The molecule has 4 aromatic rings. The summed E-state index contributed by atoms with van der Waals surface area (Å²) in [6, 6.07) is 20.8. The monoisotopic (exact) mass is 434 g/mol. The summed E-state index contributed by atoms with van der Waals surface area (Å²) in [6.07, 6.45) is 4.73. The van der Waals surface area contributed by atoms with E-state index >= 15 is 0 Å². The van der Waals surface area contributed by atoms with Gasteiger partial charge < -0.3 is 0 Å². The standard InChI is InChI=1S/C23H19ClN4OS/c24-19-8-10-20(11-9-19)28-22(18-12-14-25-15-13-18)26-27-23(28)30-16-4-7-21(29)17-5-2-1-3-6-17/h1-3,5-6,8-15H,4,7,16H2. The van der Waals surface area contributed by atoms with Gasteiger partial charge in [0.15, 0.2) is 16.8 Å². The summed E-state index contributed by atoms with van der Waals surface area (Å²) in [5.41, 5.74) is 2.62. The number of hydrogen-bond acceptors (Lipinski definition) is 5. The van der Waals surface area contributed by atoms with Gasteiger partial charge in [-0.1, -0.05) is 53.7 Å². The average Bonchev–Trinajstić information content (AvgIpc) is 3.22. The van der Waals surface area contributed by atoms with Crippen LogP contribution in [0.15, 0.2) is 84.3 Å². The van der Waals surface area contributed by atoms with E-state index in [2.05, 4.69) is 15.2 Å². The quantitative estimate of drug-likeness (QED) is 0.201. The van der Waals surface area contributed by atoms with Gasteiger partial charge in [0.1, 0.15) is 0 Å². The zero-order chi connectivity index (χ0) is 20.8. The number of benzene rings is 2. The Labute approximate surface area is 184 Å². The van der Waals surface area contributed by atoms with Crippen molar-refractivity contribution in [1.29, 1.82) is 0 Å².